The van der Waals surface area contributed by atoms with Crippen LogP contribution < -0.4 is 0 Å². The van der Waals surface area contributed by atoms with Gasteiger partial charge in [-0.25, -0.2) is 4.68 Å². The van der Waals surface area contributed by atoms with Crippen molar-refractivity contribution in [1.29, 1.82) is 0 Å². The lowest BCUT2D eigenvalue weighted by molar-refractivity contribution is -0.138. The Kier molecular flexibility index (Phi) is 3.94. The largest absolute Gasteiger partial charge is 0.481 e. The molecule has 0 radical (unpaired) electrons. The summed E-state index contributed by atoms with van der Waals surface area (Å²) in [6.07, 6.45) is 0.0140. The second kappa shape index (κ2) is 5.48. The van der Waals surface area contributed by atoms with Crippen molar-refractivity contribution < 1.29 is 9.90 Å². The predicted molar refractivity (Wildman–Crippen MR) is 72.0 cm³/mol. The van der Waals surface area contributed by atoms with Crippen LogP contribution in [0.15, 0.2) is 11.4 Å². The van der Waals surface area contributed by atoms with Crippen molar-refractivity contribution in [2.24, 2.45) is 5.92 Å². The minimum atomic E-state index is -0.844. The summed E-state index contributed by atoms with van der Waals surface area (Å²) in [5, 5.41) is 22.7. The maximum Gasteiger partial charge on any atom is 0.305 e. The molecule has 0 amide bonds. The molecule has 0 aromatic carbocycles. The summed E-state index contributed by atoms with van der Waals surface area (Å²) in [6.45, 7) is 5.94. The summed E-state index contributed by atoms with van der Waals surface area (Å²) < 4.78 is 1.64. The van der Waals surface area contributed by atoms with Gasteiger partial charge in [0.05, 0.1) is 17.3 Å². The van der Waals surface area contributed by atoms with E-state index in [1.807, 2.05) is 32.2 Å². The molecule has 102 valence electrons. The zero-order chi connectivity index (χ0) is 14.0. The fourth-order valence-electron chi connectivity index (χ4n) is 1.95. The second-order valence-corrected chi connectivity index (χ2v) is 5.71. The van der Waals surface area contributed by atoms with E-state index in [1.54, 1.807) is 16.0 Å². The van der Waals surface area contributed by atoms with E-state index in [1.165, 1.54) is 0 Å². The second-order valence-electron chi connectivity index (χ2n) is 4.79. The van der Waals surface area contributed by atoms with Crippen LogP contribution in [-0.2, 0) is 4.79 Å². The highest BCUT2D eigenvalue weighted by Gasteiger charge is 2.25. The average Bonchev–Trinajstić information content (AvgIpc) is 2.93. The van der Waals surface area contributed by atoms with Crippen molar-refractivity contribution in [3.63, 3.8) is 0 Å². The lowest BCUT2D eigenvalue weighted by Gasteiger charge is -2.19. The van der Waals surface area contributed by atoms with E-state index in [9.17, 15) is 4.79 Å². The normalized spacial score (nSPS) is 12.8. The summed E-state index contributed by atoms with van der Waals surface area (Å²) in [7, 11) is 0. The Morgan fingerprint density at radius 3 is 2.79 bits per heavy atom. The first-order valence-corrected chi connectivity index (χ1v) is 6.92. The Balaban J connectivity index is 2.42. The van der Waals surface area contributed by atoms with E-state index in [-0.39, 0.29) is 18.4 Å². The van der Waals surface area contributed by atoms with Gasteiger partial charge < -0.3 is 5.11 Å². The highest BCUT2D eigenvalue weighted by molar-refractivity contribution is 7.13. The first-order valence-electron chi connectivity index (χ1n) is 6.04. The Morgan fingerprint density at radius 2 is 2.26 bits per heavy atom. The molecule has 0 aliphatic carbocycles. The number of aryl methyl sites for hydroxylation is 1. The zero-order valence-corrected chi connectivity index (χ0v) is 11.9. The number of carboxylic acids is 1. The fraction of sp³-hybridized carbons (Fsp3) is 0.500. The number of aliphatic carboxylic acids is 1. The molecule has 0 fully saturated rings. The number of hydrogen-bond donors (Lipinski definition) is 1. The van der Waals surface area contributed by atoms with E-state index in [0.29, 0.717) is 5.82 Å². The van der Waals surface area contributed by atoms with Crippen LogP contribution in [-0.4, -0.2) is 31.3 Å². The van der Waals surface area contributed by atoms with Crippen molar-refractivity contribution in [3.05, 3.63) is 17.0 Å². The number of rotatable bonds is 5. The summed E-state index contributed by atoms with van der Waals surface area (Å²) in [6, 6.07) is 1.75. The number of tetrazole rings is 1. The number of carboxylic acid groups (broad SMARTS) is 1. The number of hydrogen-bond acceptors (Lipinski definition) is 5. The molecule has 6 nitrogen and oxygen atoms in total. The molecule has 0 aliphatic heterocycles. The van der Waals surface area contributed by atoms with Crippen LogP contribution in [0.1, 0.15) is 31.9 Å². The van der Waals surface area contributed by atoms with Crippen LogP contribution >= 0.6 is 11.3 Å². The minimum Gasteiger partial charge on any atom is -0.481 e. The van der Waals surface area contributed by atoms with Crippen LogP contribution in [0.4, 0.5) is 0 Å². The highest BCUT2D eigenvalue weighted by atomic mass is 32.1. The molecule has 0 aliphatic rings. The van der Waals surface area contributed by atoms with Gasteiger partial charge in [-0.05, 0) is 40.3 Å². The van der Waals surface area contributed by atoms with Gasteiger partial charge >= 0.3 is 5.97 Å². The molecule has 19 heavy (non-hydrogen) atoms. The third kappa shape index (κ3) is 2.81. The topological polar surface area (TPSA) is 80.9 Å². The molecule has 0 spiro atoms. The molecule has 2 aromatic rings. The van der Waals surface area contributed by atoms with E-state index >= 15 is 0 Å². The maximum absolute atomic E-state index is 11.0. The van der Waals surface area contributed by atoms with Gasteiger partial charge in [-0.1, -0.05) is 13.8 Å². The Bertz CT molecular complexity index is 576. The molecule has 1 N–H and O–H groups in total. The molecular formula is C12H16N4O2S. The summed E-state index contributed by atoms with van der Waals surface area (Å²) in [4.78, 5) is 12.0. The van der Waals surface area contributed by atoms with Gasteiger partial charge in [0.2, 0.25) is 0 Å². The number of carbonyl (C=O) groups is 1. The fourth-order valence-corrected chi connectivity index (χ4v) is 2.85. The standard InChI is InChI=1S/C12H16N4O2S/c1-7(2)9(6-10(17)18)16-12(13-14-15-16)11-8(3)4-5-19-11/h4-5,7,9H,6H2,1-3H3,(H,17,18). The molecule has 0 saturated heterocycles. The Labute approximate surface area is 115 Å². The third-order valence-electron chi connectivity index (χ3n) is 3.03. The molecule has 0 bridgehead atoms. The summed E-state index contributed by atoms with van der Waals surface area (Å²) in [5.41, 5.74) is 1.10. The van der Waals surface area contributed by atoms with Crippen LogP contribution in [0.3, 0.4) is 0 Å². The van der Waals surface area contributed by atoms with E-state index in [0.717, 1.165) is 10.4 Å². The number of aromatic nitrogens is 4. The van der Waals surface area contributed by atoms with Crippen LogP contribution in [0.5, 0.6) is 0 Å². The SMILES string of the molecule is Cc1ccsc1-c1nnnn1C(CC(=O)O)C(C)C. The van der Waals surface area contributed by atoms with Crippen LogP contribution in [0.2, 0.25) is 0 Å². The highest BCUT2D eigenvalue weighted by Crippen LogP contribution is 2.31. The van der Waals surface area contributed by atoms with Crippen molar-refractivity contribution in [1.82, 2.24) is 20.2 Å². The zero-order valence-electron chi connectivity index (χ0n) is 11.1. The van der Waals surface area contributed by atoms with Crippen molar-refractivity contribution in [2.75, 3.05) is 0 Å². The van der Waals surface area contributed by atoms with Gasteiger partial charge in [0.1, 0.15) is 0 Å². The van der Waals surface area contributed by atoms with Gasteiger partial charge in [0.25, 0.3) is 0 Å². The van der Waals surface area contributed by atoms with E-state index < -0.39 is 5.97 Å². The first-order chi connectivity index (χ1) is 9.00. The molecular weight excluding hydrogens is 264 g/mol. The molecule has 7 heteroatoms. The number of thiophene rings is 1. The third-order valence-corrected chi connectivity index (χ3v) is 4.04. The Morgan fingerprint density at radius 1 is 1.53 bits per heavy atom. The molecule has 0 saturated carbocycles. The molecule has 2 rings (SSSR count). The van der Waals surface area contributed by atoms with Crippen LogP contribution in [0.25, 0.3) is 10.7 Å². The monoisotopic (exact) mass is 280 g/mol. The van der Waals surface area contributed by atoms with Crippen molar-refractivity contribution in [2.45, 2.75) is 33.2 Å². The Hall–Kier alpha value is -1.76. The molecule has 2 aromatic heterocycles. The maximum atomic E-state index is 11.0. The smallest absolute Gasteiger partial charge is 0.305 e. The minimum absolute atomic E-state index is 0.0140. The van der Waals surface area contributed by atoms with Gasteiger partial charge in [0.15, 0.2) is 5.82 Å². The van der Waals surface area contributed by atoms with Crippen molar-refractivity contribution in [3.8, 4) is 10.7 Å². The van der Waals surface area contributed by atoms with E-state index in [4.69, 9.17) is 5.11 Å². The van der Waals surface area contributed by atoms with Gasteiger partial charge in [-0.15, -0.1) is 16.4 Å². The quantitative estimate of drug-likeness (QED) is 0.909. The first kappa shape index (κ1) is 13.7. The van der Waals surface area contributed by atoms with Crippen molar-refractivity contribution >= 4 is 17.3 Å². The van der Waals surface area contributed by atoms with Gasteiger partial charge in [-0.3, -0.25) is 4.79 Å². The predicted octanol–water partition coefficient (Wildman–Crippen LogP) is 2.38. The average molecular weight is 280 g/mol. The van der Waals surface area contributed by atoms with Crippen LogP contribution in [0, 0.1) is 12.8 Å². The van der Waals surface area contributed by atoms with Gasteiger partial charge in [-0.2, -0.15) is 0 Å². The molecule has 1 unspecified atom stereocenters. The molecule has 2 heterocycles. The van der Waals surface area contributed by atoms with E-state index in [2.05, 4.69) is 15.5 Å². The lowest BCUT2D eigenvalue weighted by atomic mass is 10.0. The number of nitrogens with zero attached hydrogens (tertiary/aromatic N) is 4. The summed E-state index contributed by atoms with van der Waals surface area (Å²) >= 11 is 1.56. The summed E-state index contributed by atoms with van der Waals surface area (Å²) in [5.74, 6) is -0.0610. The molecule has 1 atom stereocenters. The van der Waals surface area contributed by atoms with Gasteiger partial charge in [0, 0.05) is 0 Å². The lowest BCUT2D eigenvalue weighted by Crippen LogP contribution is -2.21.